The van der Waals surface area contributed by atoms with Crippen LogP contribution in [0.5, 0.6) is 0 Å². The van der Waals surface area contributed by atoms with E-state index in [1.54, 1.807) is 0 Å². The summed E-state index contributed by atoms with van der Waals surface area (Å²) in [7, 11) is 0. The number of aromatic amines is 1. The van der Waals surface area contributed by atoms with Crippen LogP contribution in [0, 0.1) is 11.8 Å². The zero-order chi connectivity index (χ0) is 60.7. The fraction of sp³-hybridized carbons (Fsp3) is 0.571. The third-order valence-electron chi connectivity index (χ3n) is 12.7. The highest BCUT2D eigenvalue weighted by Crippen LogP contribution is 2.20. The monoisotopic (exact) mass is 1150 g/mol. The number of rotatable bonds is 38. The molecule has 3 aromatic rings. The predicted octanol–water partition coefficient (Wildman–Crippen LogP) is -6.38. The fourth-order valence-corrected chi connectivity index (χ4v) is 7.79. The molecule has 0 bridgehead atoms. The van der Waals surface area contributed by atoms with E-state index in [1.165, 1.54) is 30.5 Å². The van der Waals surface area contributed by atoms with Crippen molar-refractivity contribution in [2.45, 2.75) is 139 Å². The normalized spacial score (nSPS) is 15.9. The third kappa shape index (κ3) is 22.5. The molecule has 448 valence electrons. The zero-order valence-corrected chi connectivity index (χ0v) is 43.8. The van der Waals surface area contributed by atoms with Crippen LogP contribution in [0.1, 0.15) is 87.2 Å². The molecule has 81 heavy (non-hydrogen) atoms. The second-order valence-electron chi connectivity index (χ2n) is 19.0. The molecule has 32 heteroatoms. The van der Waals surface area contributed by atoms with Crippen LogP contribution in [0.25, 0.3) is 11.2 Å². The third-order valence-corrected chi connectivity index (χ3v) is 12.7. The lowest BCUT2D eigenvalue weighted by molar-refractivity contribution is -0.140. The van der Waals surface area contributed by atoms with Crippen LogP contribution in [0.3, 0.4) is 0 Å². The van der Waals surface area contributed by atoms with Gasteiger partial charge in [-0.2, -0.15) is 4.98 Å². The molecule has 0 radical (unpaired) electrons. The Balaban J connectivity index is 1.73. The van der Waals surface area contributed by atoms with E-state index in [1.807, 2.05) is 0 Å². The van der Waals surface area contributed by atoms with Gasteiger partial charge in [0.25, 0.3) is 11.5 Å². The van der Waals surface area contributed by atoms with Crippen LogP contribution in [-0.2, 0) is 44.9 Å². The Morgan fingerprint density at radius 3 is 1.69 bits per heavy atom. The SMILES string of the molecule is CC(=O)[C@H](CCC(=O)NC[C@H](O)[C@@H](O)[C@H](O)[C@H](O)CO)CC(=O)[C@H](CCC(=O)O)NC(=O)[C@H](CCC(=O)NC[C@H](O)[C@@H](O)[C@H](O)[C@H](O)CO)CC(=O)CC[C@H](NC(=O)c1ccc(NCc2cnc3nc(N)[nH]c(=O)c3n2)cc1)C(=O)O. The fourth-order valence-electron chi connectivity index (χ4n) is 7.79. The molecule has 2 heterocycles. The minimum absolute atomic E-state index is 0.00585. The second kappa shape index (κ2) is 33.3. The summed E-state index contributed by atoms with van der Waals surface area (Å²) < 4.78 is 0. The van der Waals surface area contributed by atoms with Gasteiger partial charge in [0.15, 0.2) is 16.9 Å². The summed E-state index contributed by atoms with van der Waals surface area (Å²) in [6.07, 6.45) is -19.7. The van der Waals surface area contributed by atoms with Crippen molar-refractivity contribution in [1.29, 1.82) is 0 Å². The van der Waals surface area contributed by atoms with Gasteiger partial charge in [0.1, 0.15) is 54.2 Å². The van der Waals surface area contributed by atoms with Gasteiger partial charge in [-0.05, 0) is 56.9 Å². The molecule has 0 spiro atoms. The van der Waals surface area contributed by atoms with Crippen molar-refractivity contribution in [1.82, 2.24) is 41.2 Å². The van der Waals surface area contributed by atoms with E-state index in [0.29, 0.717) is 11.4 Å². The topological polar surface area (TPSA) is 554 Å². The van der Waals surface area contributed by atoms with Crippen molar-refractivity contribution in [3.63, 3.8) is 0 Å². The smallest absolute Gasteiger partial charge is 0.326 e. The number of benzene rings is 1. The number of aliphatic hydroxyl groups excluding tert-OH is 10. The van der Waals surface area contributed by atoms with Crippen LogP contribution in [0.4, 0.5) is 11.6 Å². The second-order valence-corrected chi connectivity index (χ2v) is 19.0. The average molecular weight is 1150 g/mol. The minimum atomic E-state index is -2.06. The summed E-state index contributed by atoms with van der Waals surface area (Å²) in [5.41, 5.74) is 5.77. The van der Waals surface area contributed by atoms with Gasteiger partial charge in [-0.3, -0.25) is 48.1 Å². The Bertz CT molecular complexity index is 2700. The van der Waals surface area contributed by atoms with E-state index < -0.39 is 215 Å². The lowest BCUT2D eigenvalue weighted by Crippen LogP contribution is -2.49. The molecule has 20 N–H and O–H groups in total. The number of Topliss-reactive ketones (excluding diaryl/α,β-unsaturated/α-hetero) is 3. The van der Waals surface area contributed by atoms with E-state index in [0.717, 1.165) is 6.92 Å². The molecule has 1 aromatic carbocycles. The molecule has 3 rings (SSSR count). The number of nitrogen functional groups attached to an aromatic ring is 1. The standard InChI is InChI=1S/C49H70N10O22/c1-22(62)24(4-11-36(69)52-18-32(65)40(73)42(75)34(67)20-60)15-31(64)29(10-13-38(71)72)56-46(78)25(5-12-37(70)53-19-33(66)41(74)43(76)35(68)21-61)14-28(63)8-9-30(48(80)81)57-45(77)23-2-6-26(7-3-23)51-16-27-17-54-44-39(55-27)47(79)59-49(50)58-44/h2-3,6-7,17,24-25,29-30,32-35,40-43,51,60-61,65-68,73-76H,4-5,8-16,18-21H2,1H3,(H,52,69)(H,53,70)(H,56,78)(H,57,77)(H,71,72)(H,80,81)(H3,50,54,58,59,79)/t24-,25-,29+,30+,32+,33+,34-,35-,40-,41-,42-,43-/m1/s1. The van der Waals surface area contributed by atoms with E-state index in [9.17, 15) is 99.0 Å². The number of hydrogen-bond donors (Lipinski definition) is 19. The van der Waals surface area contributed by atoms with Gasteiger partial charge < -0.3 is 93.6 Å². The first-order valence-electron chi connectivity index (χ1n) is 25.3. The Morgan fingerprint density at radius 2 is 1.17 bits per heavy atom. The van der Waals surface area contributed by atoms with Gasteiger partial charge in [0.05, 0.1) is 49.9 Å². The van der Waals surface area contributed by atoms with Crippen LogP contribution in [-0.4, -0.2) is 221 Å². The first-order valence-corrected chi connectivity index (χ1v) is 25.3. The Kier molecular flexibility index (Phi) is 27.8. The number of nitrogens with zero attached hydrogens (tertiary/aromatic N) is 3. The molecule has 0 aliphatic rings. The molecule has 12 atom stereocenters. The first kappa shape index (κ1) is 67.7. The summed E-state index contributed by atoms with van der Waals surface area (Å²) in [6.45, 7) is -2.15. The molecule has 0 saturated heterocycles. The van der Waals surface area contributed by atoms with E-state index in [-0.39, 0.29) is 35.6 Å². The van der Waals surface area contributed by atoms with Gasteiger partial charge in [0, 0.05) is 74.7 Å². The maximum Gasteiger partial charge on any atom is 0.326 e. The molecular weight excluding hydrogens is 1080 g/mol. The number of fused-ring (bicyclic) bond motifs is 1. The Hall–Kier alpha value is -7.53. The Labute approximate surface area is 460 Å². The number of hydrogen-bond acceptors (Lipinski definition) is 25. The van der Waals surface area contributed by atoms with E-state index >= 15 is 0 Å². The molecule has 2 aromatic heterocycles. The predicted molar refractivity (Wildman–Crippen MR) is 277 cm³/mol. The van der Waals surface area contributed by atoms with Gasteiger partial charge in [0.2, 0.25) is 23.7 Å². The van der Waals surface area contributed by atoms with Crippen LogP contribution in [0.15, 0.2) is 35.3 Å². The summed E-state index contributed by atoms with van der Waals surface area (Å²) in [6, 6.07) is 2.39. The number of aliphatic hydroxyl groups is 10. The number of carboxylic acids is 2. The first-order chi connectivity index (χ1) is 38.1. The number of H-pyrrole nitrogens is 1. The number of carbonyl (C=O) groups is 9. The summed E-state index contributed by atoms with van der Waals surface area (Å²) in [5, 5.41) is 129. The number of anilines is 2. The summed E-state index contributed by atoms with van der Waals surface area (Å²) >= 11 is 0. The van der Waals surface area contributed by atoms with Gasteiger partial charge >= 0.3 is 11.9 Å². The summed E-state index contributed by atoms with van der Waals surface area (Å²) in [5.74, 6) is -11.8. The van der Waals surface area contributed by atoms with Crippen molar-refractivity contribution >= 4 is 75.7 Å². The van der Waals surface area contributed by atoms with Crippen molar-refractivity contribution in [3.05, 3.63) is 52.1 Å². The van der Waals surface area contributed by atoms with E-state index in [4.69, 9.17) is 15.9 Å². The molecule has 32 nitrogen and oxygen atoms in total. The molecule has 0 fully saturated rings. The maximum absolute atomic E-state index is 14.0. The van der Waals surface area contributed by atoms with E-state index in [2.05, 4.69) is 46.5 Å². The van der Waals surface area contributed by atoms with Crippen molar-refractivity contribution < 1.29 is 104 Å². The van der Waals surface area contributed by atoms with Gasteiger partial charge in [-0.25, -0.2) is 14.8 Å². The number of carbonyl (C=O) groups excluding carboxylic acids is 7. The lowest BCUT2D eigenvalue weighted by Gasteiger charge is -2.26. The molecular formula is C49H70N10O22. The highest BCUT2D eigenvalue weighted by atomic mass is 16.4. The zero-order valence-electron chi connectivity index (χ0n) is 43.8. The van der Waals surface area contributed by atoms with Gasteiger partial charge in [-0.1, -0.05) is 0 Å². The van der Waals surface area contributed by atoms with Crippen molar-refractivity contribution in [3.8, 4) is 0 Å². The molecule has 4 amide bonds. The number of aliphatic carboxylic acids is 2. The number of nitrogens with two attached hydrogens (primary N) is 1. The average Bonchev–Trinajstić information content (AvgIpc) is 3.43. The van der Waals surface area contributed by atoms with Crippen LogP contribution in [0.2, 0.25) is 0 Å². The maximum atomic E-state index is 14.0. The minimum Gasteiger partial charge on any atom is -0.481 e. The number of aromatic nitrogens is 4. The summed E-state index contributed by atoms with van der Waals surface area (Å²) in [4.78, 5) is 144. The van der Waals surface area contributed by atoms with Gasteiger partial charge in [-0.15, -0.1) is 0 Å². The quantitative estimate of drug-likeness (QED) is 0.0254. The molecule has 0 aliphatic heterocycles. The molecule has 0 saturated carbocycles. The number of amides is 4. The lowest BCUT2D eigenvalue weighted by atomic mass is 9.89. The van der Waals surface area contributed by atoms with Crippen molar-refractivity contribution in [2.75, 3.05) is 37.4 Å². The van der Waals surface area contributed by atoms with Crippen molar-refractivity contribution in [2.24, 2.45) is 11.8 Å². The highest BCUT2D eigenvalue weighted by Gasteiger charge is 2.34. The highest BCUT2D eigenvalue weighted by molar-refractivity contribution is 5.97. The van der Waals surface area contributed by atoms with Crippen LogP contribution < -0.4 is 37.9 Å². The van der Waals surface area contributed by atoms with Crippen LogP contribution >= 0.6 is 0 Å². The molecule has 0 unspecified atom stereocenters. The number of nitrogens with one attached hydrogen (secondary N) is 6. The Morgan fingerprint density at radius 1 is 0.642 bits per heavy atom. The largest absolute Gasteiger partial charge is 0.481 e. The molecule has 0 aliphatic carbocycles. The number of carboxylic acid groups (broad SMARTS) is 2. The number of ketones is 3.